The Bertz CT molecular complexity index is 342. The molecule has 0 aromatic heterocycles. The van der Waals surface area contributed by atoms with E-state index >= 15 is 0 Å². The molecule has 1 aliphatic heterocycles. The van der Waals surface area contributed by atoms with E-state index in [4.69, 9.17) is 9.47 Å². The topological polar surface area (TPSA) is 18.5 Å². The Morgan fingerprint density at radius 3 is 3.15 bits per heavy atom. The van der Waals surface area contributed by atoms with Gasteiger partial charge in [0.05, 0.1) is 12.4 Å². The molecule has 0 atom stereocenters. The lowest BCUT2D eigenvalue weighted by Crippen LogP contribution is -1.89. The van der Waals surface area contributed by atoms with Gasteiger partial charge in [0.2, 0.25) is 0 Å². The molecule has 1 heterocycles. The van der Waals surface area contributed by atoms with Crippen molar-refractivity contribution >= 4 is 0 Å². The number of rotatable bonds is 2. The highest BCUT2D eigenvalue weighted by molar-refractivity contribution is 5.43. The predicted molar refractivity (Wildman–Crippen MR) is 51.1 cm³/mol. The number of hydrogen-bond donors (Lipinski definition) is 0. The van der Waals surface area contributed by atoms with Crippen molar-refractivity contribution in [3.63, 3.8) is 0 Å². The molecule has 2 nitrogen and oxygen atoms in total. The van der Waals surface area contributed by atoms with Crippen molar-refractivity contribution in [1.82, 2.24) is 0 Å². The second-order valence-corrected chi connectivity index (χ2v) is 3.17. The van der Waals surface area contributed by atoms with Crippen LogP contribution in [0.3, 0.4) is 0 Å². The fraction of sp³-hybridized carbons (Fsp3) is 0.273. The van der Waals surface area contributed by atoms with Crippen molar-refractivity contribution < 1.29 is 9.47 Å². The minimum Gasteiger partial charge on any atom is -0.493 e. The standard InChI is InChI=1S/C11H12O2/c1-8(2)13-10-4-3-9-5-6-12-11(9)7-10/h3-4,7H,1,5-6H2,2H3. The molecule has 2 heteroatoms. The monoisotopic (exact) mass is 176 g/mol. The van der Waals surface area contributed by atoms with E-state index < -0.39 is 0 Å². The van der Waals surface area contributed by atoms with E-state index in [0.29, 0.717) is 5.76 Å². The fourth-order valence-electron chi connectivity index (χ4n) is 1.41. The van der Waals surface area contributed by atoms with E-state index in [9.17, 15) is 0 Å². The third-order valence-corrected chi connectivity index (χ3v) is 1.96. The Hall–Kier alpha value is -1.44. The van der Waals surface area contributed by atoms with Gasteiger partial charge in [-0.1, -0.05) is 12.6 Å². The summed E-state index contributed by atoms with van der Waals surface area (Å²) in [5, 5.41) is 0. The molecular formula is C11H12O2. The quantitative estimate of drug-likeness (QED) is 0.645. The number of benzene rings is 1. The first-order valence-electron chi connectivity index (χ1n) is 4.35. The first-order valence-corrected chi connectivity index (χ1v) is 4.35. The molecule has 0 saturated heterocycles. The van der Waals surface area contributed by atoms with Gasteiger partial charge in [-0.2, -0.15) is 0 Å². The number of allylic oxidation sites excluding steroid dienone is 1. The van der Waals surface area contributed by atoms with Gasteiger partial charge < -0.3 is 9.47 Å². The summed E-state index contributed by atoms with van der Waals surface area (Å²) in [6.07, 6.45) is 1.00. The van der Waals surface area contributed by atoms with E-state index in [1.54, 1.807) is 0 Å². The number of fused-ring (bicyclic) bond motifs is 1. The van der Waals surface area contributed by atoms with Gasteiger partial charge in [-0.15, -0.1) is 0 Å². The van der Waals surface area contributed by atoms with E-state index in [-0.39, 0.29) is 0 Å². The second kappa shape index (κ2) is 3.13. The lowest BCUT2D eigenvalue weighted by atomic mass is 10.2. The van der Waals surface area contributed by atoms with Gasteiger partial charge in [-0.3, -0.25) is 0 Å². The number of ether oxygens (including phenoxy) is 2. The summed E-state index contributed by atoms with van der Waals surface area (Å²) < 4.78 is 10.8. The lowest BCUT2D eigenvalue weighted by molar-refractivity contribution is 0.353. The van der Waals surface area contributed by atoms with Gasteiger partial charge in [0.25, 0.3) is 0 Å². The molecule has 1 aromatic carbocycles. The summed E-state index contributed by atoms with van der Waals surface area (Å²) >= 11 is 0. The highest BCUT2D eigenvalue weighted by Crippen LogP contribution is 2.29. The third kappa shape index (κ3) is 1.66. The molecule has 68 valence electrons. The molecule has 1 aliphatic rings. The Kier molecular flexibility index (Phi) is 1.97. The lowest BCUT2D eigenvalue weighted by Gasteiger charge is -2.05. The van der Waals surface area contributed by atoms with Crippen LogP contribution in [0.5, 0.6) is 11.5 Å². The van der Waals surface area contributed by atoms with Crippen molar-refractivity contribution in [2.24, 2.45) is 0 Å². The van der Waals surface area contributed by atoms with E-state index in [1.807, 2.05) is 25.1 Å². The van der Waals surface area contributed by atoms with Crippen molar-refractivity contribution in [2.75, 3.05) is 6.61 Å². The van der Waals surface area contributed by atoms with Crippen LogP contribution >= 0.6 is 0 Å². The molecule has 0 N–H and O–H groups in total. The van der Waals surface area contributed by atoms with Gasteiger partial charge >= 0.3 is 0 Å². The summed E-state index contributed by atoms with van der Waals surface area (Å²) in [5.74, 6) is 2.44. The summed E-state index contributed by atoms with van der Waals surface area (Å²) in [6, 6.07) is 5.90. The molecule has 0 radical (unpaired) electrons. The average molecular weight is 176 g/mol. The molecule has 0 fully saturated rings. The maximum Gasteiger partial charge on any atom is 0.130 e. The van der Waals surface area contributed by atoms with Gasteiger partial charge in [0.15, 0.2) is 0 Å². The largest absolute Gasteiger partial charge is 0.493 e. The van der Waals surface area contributed by atoms with E-state index in [2.05, 4.69) is 6.58 Å². The molecule has 2 rings (SSSR count). The molecule has 0 bridgehead atoms. The highest BCUT2D eigenvalue weighted by Gasteiger charge is 2.12. The van der Waals surface area contributed by atoms with Crippen LogP contribution in [0, 0.1) is 0 Å². The van der Waals surface area contributed by atoms with Crippen LogP contribution in [0.25, 0.3) is 0 Å². The molecular weight excluding hydrogens is 164 g/mol. The van der Waals surface area contributed by atoms with Crippen LogP contribution in [0.2, 0.25) is 0 Å². The summed E-state index contributed by atoms with van der Waals surface area (Å²) in [5.41, 5.74) is 1.26. The maximum absolute atomic E-state index is 5.41. The van der Waals surface area contributed by atoms with Crippen molar-refractivity contribution in [3.8, 4) is 11.5 Å². The van der Waals surface area contributed by atoms with Crippen LogP contribution < -0.4 is 9.47 Å². The Labute approximate surface area is 77.8 Å². The highest BCUT2D eigenvalue weighted by atomic mass is 16.5. The van der Waals surface area contributed by atoms with Gasteiger partial charge in [-0.05, 0) is 18.6 Å². The van der Waals surface area contributed by atoms with Crippen molar-refractivity contribution in [2.45, 2.75) is 13.3 Å². The maximum atomic E-state index is 5.41. The number of hydrogen-bond acceptors (Lipinski definition) is 2. The molecule has 0 unspecified atom stereocenters. The van der Waals surface area contributed by atoms with Crippen LogP contribution in [-0.2, 0) is 6.42 Å². The first kappa shape index (κ1) is 8.17. The van der Waals surface area contributed by atoms with Crippen molar-refractivity contribution in [3.05, 3.63) is 36.1 Å². The molecule has 0 saturated carbocycles. The first-order chi connectivity index (χ1) is 6.25. The zero-order valence-corrected chi connectivity index (χ0v) is 7.67. The third-order valence-electron chi connectivity index (χ3n) is 1.96. The minimum absolute atomic E-state index is 0.693. The SMILES string of the molecule is C=C(C)Oc1ccc2c(c1)OCC2. The Morgan fingerprint density at radius 2 is 2.38 bits per heavy atom. The average Bonchev–Trinajstić information content (AvgIpc) is 2.49. The van der Waals surface area contributed by atoms with Gasteiger partial charge in [0.1, 0.15) is 11.5 Å². The van der Waals surface area contributed by atoms with E-state index in [0.717, 1.165) is 24.5 Å². The fourth-order valence-corrected chi connectivity index (χ4v) is 1.41. The molecule has 13 heavy (non-hydrogen) atoms. The van der Waals surface area contributed by atoms with Crippen LogP contribution in [0.4, 0.5) is 0 Å². The summed E-state index contributed by atoms with van der Waals surface area (Å²) in [7, 11) is 0. The zero-order valence-electron chi connectivity index (χ0n) is 7.67. The van der Waals surface area contributed by atoms with Crippen molar-refractivity contribution in [1.29, 1.82) is 0 Å². The van der Waals surface area contributed by atoms with Gasteiger partial charge in [-0.25, -0.2) is 0 Å². The Balaban J connectivity index is 2.25. The summed E-state index contributed by atoms with van der Waals surface area (Å²) in [6.45, 7) is 6.29. The van der Waals surface area contributed by atoms with Crippen LogP contribution in [0.15, 0.2) is 30.5 Å². The molecule has 1 aromatic rings. The minimum atomic E-state index is 0.693. The normalized spacial score (nSPS) is 13.3. The molecule has 0 spiro atoms. The Morgan fingerprint density at radius 1 is 1.54 bits per heavy atom. The molecule has 0 amide bonds. The smallest absolute Gasteiger partial charge is 0.130 e. The van der Waals surface area contributed by atoms with Crippen LogP contribution in [0.1, 0.15) is 12.5 Å². The van der Waals surface area contributed by atoms with E-state index in [1.165, 1.54) is 5.56 Å². The summed E-state index contributed by atoms with van der Waals surface area (Å²) in [4.78, 5) is 0. The van der Waals surface area contributed by atoms with Gasteiger partial charge in [0, 0.05) is 12.5 Å². The van der Waals surface area contributed by atoms with Crippen LogP contribution in [-0.4, -0.2) is 6.61 Å². The molecule has 0 aliphatic carbocycles. The second-order valence-electron chi connectivity index (χ2n) is 3.17. The zero-order chi connectivity index (χ0) is 9.26. The predicted octanol–water partition coefficient (Wildman–Crippen LogP) is 2.53.